The molecule has 0 aliphatic rings. The van der Waals surface area contributed by atoms with Gasteiger partial charge in [-0.2, -0.15) is 0 Å². The summed E-state index contributed by atoms with van der Waals surface area (Å²) >= 11 is 0. The van der Waals surface area contributed by atoms with Crippen molar-refractivity contribution >= 4 is 11.0 Å². The van der Waals surface area contributed by atoms with Gasteiger partial charge in [0.15, 0.2) is 0 Å². The van der Waals surface area contributed by atoms with E-state index in [0.717, 1.165) is 22.5 Å². The molecule has 0 saturated carbocycles. The largest absolute Gasteiger partial charge is 0.296 e. The quantitative estimate of drug-likeness (QED) is 0.500. The van der Waals surface area contributed by atoms with Gasteiger partial charge in [-0.25, -0.2) is 9.37 Å². The topological polar surface area (TPSA) is 17.8 Å². The maximum Gasteiger partial charge on any atom is 0.123 e. The monoisotopic (exact) mass is 316 g/mol. The summed E-state index contributed by atoms with van der Waals surface area (Å²) in [6.45, 7) is 2.15. The molecular weight excluding hydrogens is 299 g/mol. The second-order valence-electron chi connectivity index (χ2n) is 5.90. The molecule has 1 atom stereocenters. The van der Waals surface area contributed by atoms with Gasteiger partial charge < -0.3 is 0 Å². The Morgan fingerprint density at radius 2 is 1.50 bits per heavy atom. The molecule has 4 rings (SSSR count). The Morgan fingerprint density at radius 3 is 2.25 bits per heavy atom. The van der Waals surface area contributed by atoms with Crippen molar-refractivity contribution in [3.05, 3.63) is 96.1 Å². The molecule has 0 radical (unpaired) electrons. The first-order valence-corrected chi connectivity index (χ1v) is 8.02. The molecule has 0 amide bonds. The fourth-order valence-corrected chi connectivity index (χ4v) is 3.09. The third-order valence-electron chi connectivity index (χ3n) is 4.36. The van der Waals surface area contributed by atoms with Crippen LogP contribution in [0.5, 0.6) is 0 Å². The fourth-order valence-electron chi connectivity index (χ4n) is 3.09. The van der Waals surface area contributed by atoms with Crippen molar-refractivity contribution in [2.45, 2.75) is 12.8 Å². The number of aromatic nitrogens is 2. The second kappa shape index (κ2) is 5.93. The zero-order chi connectivity index (χ0) is 16.5. The molecule has 0 saturated heterocycles. The van der Waals surface area contributed by atoms with Gasteiger partial charge in [-0.05, 0) is 42.0 Å². The van der Waals surface area contributed by atoms with Gasteiger partial charge in [0.1, 0.15) is 11.6 Å². The Hall–Kier alpha value is -2.94. The lowest BCUT2D eigenvalue weighted by Crippen LogP contribution is -2.06. The first kappa shape index (κ1) is 14.6. The number of halogens is 1. The van der Waals surface area contributed by atoms with Crippen molar-refractivity contribution < 1.29 is 4.39 Å². The van der Waals surface area contributed by atoms with Gasteiger partial charge in [0.05, 0.1) is 11.0 Å². The van der Waals surface area contributed by atoms with Crippen LogP contribution in [0.1, 0.15) is 24.2 Å². The molecular formula is C21H17FN2. The van der Waals surface area contributed by atoms with Crippen molar-refractivity contribution in [2.75, 3.05) is 0 Å². The Balaban J connectivity index is 1.95. The van der Waals surface area contributed by atoms with E-state index in [2.05, 4.69) is 23.6 Å². The maximum absolute atomic E-state index is 13.3. The average molecular weight is 316 g/mol. The van der Waals surface area contributed by atoms with Gasteiger partial charge >= 0.3 is 0 Å². The molecule has 24 heavy (non-hydrogen) atoms. The van der Waals surface area contributed by atoms with Crippen LogP contribution >= 0.6 is 0 Å². The van der Waals surface area contributed by atoms with Crippen LogP contribution in [-0.4, -0.2) is 9.55 Å². The van der Waals surface area contributed by atoms with E-state index in [1.165, 1.54) is 17.7 Å². The second-order valence-corrected chi connectivity index (χ2v) is 5.90. The summed E-state index contributed by atoms with van der Waals surface area (Å²) in [5.41, 5.74) is 4.10. The predicted octanol–water partition coefficient (Wildman–Crippen LogP) is 5.32. The van der Waals surface area contributed by atoms with Crippen LogP contribution in [0.2, 0.25) is 0 Å². The minimum Gasteiger partial charge on any atom is -0.296 e. The number of nitrogens with zero attached hydrogens (tertiary/aromatic N) is 2. The lowest BCUT2D eigenvalue weighted by molar-refractivity contribution is 0.627. The molecule has 1 unspecified atom stereocenters. The normalized spacial score (nSPS) is 12.4. The van der Waals surface area contributed by atoms with Crippen LogP contribution in [-0.2, 0) is 0 Å². The third-order valence-corrected chi connectivity index (χ3v) is 4.36. The van der Waals surface area contributed by atoms with Crippen LogP contribution in [0, 0.1) is 5.82 Å². The zero-order valence-corrected chi connectivity index (χ0v) is 13.4. The fraction of sp³-hybridized carbons (Fsp3) is 0.0952. The van der Waals surface area contributed by atoms with Gasteiger partial charge in [0.2, 0.25) is 0 Å². The molecule has 1 heterocycles. The Bertz CT molecular complexity index is 972. The number of benzene rings is 3. The first-order chi connectivity index (χ1) is 11.7. The molecule has 2 nitrogen and oxygen atoms in total. The maximum atomic E-state index is 13.3. The van der Waals surface area contributed by atoms with E-state index in [9.17, 15) is 4.39 Å². The molecule has 4 aromatic rings. The summed E-state index contributed by atoms with van der Waals surface area (Å²) in [6.07, 6.45) is 0. The van der Waals surface area contributed by atoms with E-state index in [4.69, 9.17) is 4.98 Å². The van der Waals surface area contributed by atoms with Crippen LogP contribution in [0.3, 0.4) is 0 Å². The summed E-state index contributed by atoms with van der Waals surface area (Å²) in [6, 6.07) is 24.9. The number of para-hydroxylation sites is 2. The highest BCUT2D eigenvalue weighted by molar-refractivity contribution is 5.78. The number of fused-ring (bicyclic) bond motifs is 1. The Kier molecular flexibility index (Phi) is 3.62. The van der Waals surface area contributed by atoms with Crippen molar-refractivity contribution in [1.82, 2.24) is 9.55 Å². The SMILES string of the molecule is CC(c1ccccc1)c1nc2ccccc2n1-c1ccc(F)cc1. The highest BCUT2D eigenvalue weighted by Gasteiger charge is 2.19. The molecule has 3 aromatic carbocycles. The lowest BCUT2D eigenvalue weighted by Gasteiger charge is -2.15. The molecule has 118 valence electrons. The van der Waals surface area contributed by atoms with Crippen molar-refractivity contribution in [3.63, 3.8) is 0 Å². The summed E-state index contributed by atoms with van der Waals surface area (Å²) in [4.78, 5) is 4.86. The number of hydrogen-bond acceptors (Lipinski definition) is 1. The smallest absolute Gasteiger partial charge is 0.123 e. The number of hydrogen-bond donors (Lipinski definition) is 0. The summed E-state index contributed by atoms with van der Waals surface area (Å²) in [7, 11) is 0. The minimum atomic E-state index is -0.235. The van der Waals surface area contributed by atoms with Crippen molar-refractivity contribution in [1.29, 1.82) is 0 Å². The average Bonchev–Trinajstić information content (AvgIpc) is 3.02. The molecule has 0 fully saturated rings. The third kappa shape index (κ3) is 2.48. The molecule has 0 bridgehead atoms. The molecule has 1 aromatic heterocycles. The lowest BCUT2D eigenvalue weighted by atomic mass is 10.0. The molecule has 0 aliphatic carbocycles. The van der Waals surface area contributed by atoms with E-state index in [-0.39, 0.29) is 11.7 Å². The van der Waals surface area contributed by atoms with Gasteiger partial charge in [0, 0.05) is 11.6 Å². The van der Waals surface area contributed by atoms with E-state index in [0.29, 0.717) is 0 Å². The molecule has 3 heteroatoms. The van der Waals surface area contributed by atoms with Gasteiger partial charge in [-0.15, -0.1) is 0 Å². The van der Waals surface area contributed by atoms with Gasteiger partial charge in [-0.1, -0.05) is 49.4 Å². The molecule has 0 N–H and O–H groups in total. The van der Waals surface area contributed by atoms with Crippen molar-refractivity contribution in [2.24, 2.45) is 0 Å². The van der Waals surface area contributed by atoms with Gasteiger partial charge in [-0.3, -0.25) is 4.57 Å². The Morgan fingerprint density at radius 1 is 0.833 bits per heavy atom. The van der Waals surface area contributed by atoms with Crippen LogP contribution < -0.4 is 0 Å². The highest BCUT2D eigenvalue weighted by atomic mass is 19.1. The zero-order valence-electron chi connectivity index (χ0n) is 13.4. The molecule has 0 spiro atoms. The predicted molar refractivity (Wildman–Crippen MR) is 95.0 cm³/mol. The minimum absolute atomic E-state index is 0.128. The van der Waals surface area contributed by atoms with Crippen LogP contribution in [0.15, 0.2) is 78.9 Å². The summed E-state index contributed by atoms with van der Waals surface area (Å²) in [5.74, 6) is 0.846. The Labute approximate surface area is 140 Å². The van der Waals surface area contributed by atoms with Crippen LogP contribution in [0.4, 0.5) is 4.39 Å². The van der Waals surface area contributed by atoms with E-state index >= 15 is 0 Å². The van der Waals surface area contributed by atoms with E-state index in [1.807, 2.05) is 42.5 Å². The van der Waals surface area contributed by atoms with E-state index in [1.54, 1.807) is 12.1 Å². The number of rotatable bonds is 3. The standard InChI is InChI=1S/C21H17FN2/c1-15(16-7-3-2-4-8-16)21-23-19-9-5-6-10-20(19)24(21)18-13-11-17(22)12-14-18/h2-15H,1H3. The summed E-state index contributed by atoms with van der Waals surface area (Å²) < 4.78 is 15.5. The first-order valence-electron chi connectivity index (χ1n) is 8.02. The van der Waals surface area contributed by atoms with E-state index < -0.39 is 0 Å². The molecule has 0 aliphatic heterocycles. The van der Waals surface area contributed by atoms with Gasteiger partial charge in [0.25, 0.3) is 0 Å². The summed E-state index contributed by atoms with van der Waals surface area (Å²) in [5, 5.41) is 0. The number of imidazole rings is 1. The van der Waals surface area contributed by atoms with Crippen molar-refractivity contribution in [3.8, 4) is 5.69 Å². The highest BCUT2D eigenvalue weighted by Crippen LogP contribution is 2.30. The van der Waals surface area contributed by atoms with Crippen LogP contribution in [0.25, 0.3) is 16.7 Å².